The minimum atomic E-state index is -0.658. The van der Waals surface area contributed by atoms with Crippen LogP contribution in [-0.2, 0) is 86.1 Å². The van der Waals surface area contributed by atoms with Crippen LogP contribution in [0.2, 0.25) is 0 Å². The van der Waals surface area contributed by atoms with Gasteiger partial charge in [-0.1, -0.05) is 0 Å². The van der Waals surface area contributed by atoms with Crippen LogP contribution in [0.25, 0.3) is 0 Å². The molecule has 0 saturated carbocycles. The molecule has 458 valence electrons. The minimum absolute atomic E-state index is 0.0349. The Balaban J connectivity index is 1.56. The summed E-state index contributed by atoms with van der Waals surface area (Å²) in [5.41, 5.74) is 2.29. The fraction of sp³-hybridized carbons (Fsp3) is 0.559. The lowest BCUT2D eigenvalue weighted by Crippen LogP contribution is -2.13. The lowest BCUT2D eigenvalue weighted by molar-refractivity contribution is 0.0174. The highest BCUT2D eigenvalue weighted by Gasteiger charge is 2.16. The third kappa shape index (κ3) is 30.8. The molecule has 0 N–H and O–H groups in total. The molecule has 0 spiro atoms. The van der Waals surface area contributed by atoms with Crippen LogP contribution in [0.1, 0.15) is 37.4 Å². The van der Waals surface area contributed by atoms with Crippen LogP contribution in [0.5, 0.6) is 40.2 Å². The molecule has 0 atom stereocenters. The maximum absolute atomic E-state index is 12.6. The Morgan fingerprint density at radius 1 is 0.244 bits per heavy atom. The van der Waals surface area contributed by atoms with Gasteiger partial charge in [0.05, 0.1) is 157 Å². The third-order valence-electron chi connectivity index (χ3n) is 11.0. The molecular weight excluding hydrogens is 1080 g/mol. The van der Waals surface area contributed by atoms with Gasteiger partial charge in [0.1, 0.15) is 86.5 Å². The van der Waals surface area contributed by atoms with Gasteiger partial charge in [-0.3, -0.25) is 0 Å². The molecule has 23 heteroatoms. The molecule has 0 fully saturated rings. The van der Waals surface area contributed by atoms with E-state index in [1.54, 1.807) is 58.8 Å². The van der Waals surface area contributed by atoms with Gasteiger partial charge in [0.25, 0.3) is 0 Å². The molecule has 4 aromatic rings. The third-order valence-corrected chi connectivity index (χ3v) is 11.0. The molecule has 0 radical (unpaired) electrons. The molecule has 4 rings (SSSR count). The maximum atomic E-state index is 12.6. The standard InChI is InChI=1S/C59H84O23/c1-62-7-11-68-15-19-72-23-27-76-51-31-46(32-52(40-51)77-28-24-73-20-16-69-12-8-63-2)43-80-55-35-48(45-82-57-38-49(58(60)66-5)37-50(39-57)59(61)67-6)36-56(42-55)81-44-47-33-53(78-29-25-74-21-17-70-13-9-64-3)41-54(34-47)79-30-26-75-22-18-71-14-10-65-4/h31-42H,7-30,43-45H2,1-6H3. The van der Waals surface area contributed by atoms with Crippen LogP contribution in [0.4, 0.5) is 0 Å². The van der Waals surface area contributed by atoms with Crippen molar-refractivity contribution in [2.45, 2.75) is 19.8 Å². The number of rotatable bonds is 51. The summed E-state index contributed by atoms with van der Waals surface area (Å²) >= 11 is 0. The number of carbonyl (C=O) groups is 2. The summed E-state index contributed by atoms with van der Waals surface area (Å²) in [4.78, 5) is 25.2. The second kappa shape index (κ2) is 44.5. The van der Waals surface area contributed by atoms with Crippen molar-refractivity contribution in [3.8, 4) is 40.2 Å². The number of benzene rings is 4. The van der Waals surface area contributed by atoms with Gasteiger partial charge in [0, 0.05) is 46.6 Å². The average Bonchev–Trinajstić information content (AvgIpc) is 3.57. The monoisotopic (exact) mass is 1160 g/mol. The van der Waals surface area contributed by atoms with Crippen molar-refractivity contribution in [2.75, 3.05) is 201 Å². The van der Waals surface area contributed by atoms with Crippen LogP contribution in [-0.4, -0.2) is 213 Å². The van der Waals surface area contributed by atoms with Crippen molar-refractivity contribution in [1.82, 2.24) is 0 Å². The van der Waals surface area contributed by atoms with E-state index < -0.39 is 11.9 Å². The zero-order valence-corrected chi connectivity index (χ0v) is 48.4. The first-order valence-corrected chi connectivity index (χ1v) is 27.0. The van der Waals surface area contributed by atoms with Gasteiger partial charge in [-0.05, 0) is 71.3 Å². The van der Waals surface area contributed by atoms with Crippen molar-refractivity contribution in [3.05, 3.63) is 101 Å². The van der Waals surface area contributed by atoms with Gasteiger partial charge in [-0.15, -0.1) is 0 Å². The largest absolute Gasteiger partial charge is 0.491 e. The summed E-state index contributed by atoms with van der Waals surface area (Å²) in [6.07, 6.45) is 0. The number of carbonyl (C=O) groups excluding carboxylic acids is 2. The van der Waals surface area contributed by atoms with Crippen LogP contribution >= 0.6 is 0 Å². The fourth-order valence-corrected chi connectivity index (χ4v) is 7.03. The van der Waals surface area contributed by atoms with E-state index in [1.165, 1.54) is 32.4 Å². The van der Waals surface area contributed by atoms with E-state index in [0.717, 1.165) is 11.1 Å². The van der Waals surface area contributed by atoms with E-state index in [1.807, 2.05) is 24.3 Å². The predicted molar refractivity (Wildman–Crippen MR) is 297 cm³/mol. The van der Waals surface area contributed by atoms with Gasteiger partial charge in [0.2, 0.25) is 0 Å². The van der Waals surface area contributed by atoms with E-state index in [4.69, 9.17) is 99.5 Å². The SMILES string of the molecule is COCCOCCOCCOc1cc(COc2cc(COc3cc(C(=O)OC)cc(C(=O)OC)c3)cc(OCc3cc(OCCOCCOCCOC)cc(OCCOCCOCCOC)c3)c2)cc(OCCOCCOCCOC)c1. The molecule has 23 nitrogen and oxygen atoms in total. The smallest absolute Gasteiger partial charge is 0.338 e. The highest BCUT2D eigenvalue weighted by molar-refractivity contribution is 5.96. The number of ether oxygens (including phenoxy) is 21. The predicted octanol–water partition coefficient (Wildman–Crippen LogP) is 6.23. The number of hydrogen-bond acceptors (Lipinski definition) is 23. The minimum Gasteiger partial charge on any atom is -0.491 e. The van der Waals surface area contributed by atoms with Gasteiger partial charge in [-0.2, -0.15) is 0 Å². The van der Waals surface area contributed by atoms with E-state index >= 15 is 0 Å². The zero-order chi connectivity index (χ0) is 58.5. The van der Waals surface area contributed by atoms with Gasteiger partial charge in [-0.25, -0.2) is 9.59 Å². The maximum Gasteiger partial charge on any atom is 0.338 e. The van der Waals surface area contributed by atoms with Gasteiger partial charge in [0.15, 0.2) is 0 Å². The summed E-state index contributed by atoms with van der Waals surface area (Å²) in [7, 11) is 8.97. The molecule has 0 aliphatic carbocycles. The lowest BCUT2D eigenvalue weighted by atomic mass is 10.1. The number of methoxy groups -OCH3 is 6. The second-order valence-electron chi connectivity index (χ2n) is 17.3. The molecule has 0 unspecified atom stereocenters. The van der Waals surface area contributed by atoms with Crippen molar-refractivity contribution >= 4 is 11.9 Å². The van der Waals surface area contributed by atoms with Crippen LogP contribution in [0, 0.1) is 0 Å². The molecule has 82 heavy (non-hydrogen) atoms. The van der Waals surface area contributed by atoms with Crippen LogP contribution in [0.15, 0.2) is 72.8 Å². The summed E-state index contributed by atoms with van der Waals surface area (Å²) in [6.45, 7) is 9.82. The molecule has 4 aromatic carbocycles. The highest BCUT2D eigenvalue weighted by atomic mass is 16.6. The zero-order valence-electron chi connectivity index (χ0n) is 48.4. The molecule has 0 bridgehead atoms. The molecule has 0 aliphatic heterocycles. The topological polar surface area (TPSA) is 228 Å². The van der Waals surface area contributed by atoms with E-state index in [2.05, 4.69) is 0 Å². The first-order chi connectivity index (χ1) is 40.3. The molecule has 0 saturated heterocycles. The normalized spacial score (nSPS) is 11.1. The Bertz CT molecular complexity index is 2090. The molecule has 0 aromatic heterocycles. The quantitative estimate of drug-likeness (QED) is 0.0352. The van der Waals surface area contributed by atoms with Crippen LogP contribution < -0.4 is 33.2 Å². The molecule has 0 amide bonds. The van der Waals surface area contributed by atoms with Crippen molar-refractivity contribution in [2.24, 2.45) is 0 Å². The number of esters is 2. The van der Waals surface area contributed by atoms with Gasteiger partial charge >= 0.3 is 11.9 Å². The van der Waals surface area contributed by atoms with Crippen molar-refractivity contribution < 1.29 is 109 Å². The Kier molecular flexibility index (Phi) is 37.2. The second-order valence-corrected chi connectivity index (χ2v) is 17.3. The first kappa shape index (κ1) is 68.4. The van der Waals surface area contributed by atoms with Gasteiger partial charge < -0.3 is 99.5 Å². The first-order valence-electron chi connectivity index (χ1n) is 27.0. The Hall–Kier alpha value is -6.06. The average molecular weight is 1160 g/mol. The highest BCUT2D eigenvalue weighted by Crippen LogP contribution is 2.30. The molecule has 0 aliphatic rings. The lowest BCUT2D eigenvalue weighted by Gasteiger charge is -2.16. The number of hydrogen-bond donors (Lipinski definition) is 0. The summed E-state index contributed by atoms with van der Waals surface area (Å²) in [6, 6.07) is 20.7. The Morgan fingerprint density at radius 2 is 0.451 bits per heavy atom. The van der Waals surface area contributed by atoms with Crippen molar-refractivity contribution in [3.63, 3.8) is 0 Å². The van der Waals surface area contributed by atoms with Crippen LogP contribution in [0.3, 0.4) is 0 Å². The Morgan fingerprint density at radius 3 is 0.683 bits per heavy atom. The van der Waals surface area contributed by atoms with E-state index in [-0.39, 0.29) is 63.1 Å². The van der Waals surface area contributed by atoms with Crippen molar-refractivity contribution in [1.29, 1.82) is 0 Å². The summed E-state index contributed by atoms with van der Waals surface area (Å²) in [5, 5.41) is 0. The van der Waals surface area contributed by atoms with E-state index in [0.29, 0.717) is 172 Å². The summed E-state index contributed by atoms with van der Waals surface area (Å²) in [5.74, 6) is 1.91. The molecule has 0 heterocycles. The fourth-order valence-electron chi connectivity index (χ4n) is 7.03. The summed E-state index contributed by atoms with van der Waals surface area (Å²) < 4.78 is 118. The Labute approximate surface area is 481 Å². The van der Waals surface area contributed by atoms with E-state index in [9.17, 15) is 9.59 Å². The molecular formula is C59H84O23.